The van der Waals surface area contributed by atoms with Crippen LogP contribution in [0.2, 0.25) is 0 Å². The van der Waals surface area contributed by atoms with Crippen molar-refractivity contribution in [1.29, 1.82) is 0 Å². The van der Waals surface area contributed by atoms with Gasteiger partial charge in [-0.25, -0.2) is 9.97 Å². The van der Waals surface area contributed by atoms with E-state index in [2.05, 4.69) is 37.0 Å². The fourth-order valence-electron chi connectivity index (χ4n) is 3.11. The van der Waals surface area contributed by atoms with Crippen LogP contribution in [0.15, 0.2) is 11.6 Å². The maximum atomic E-state index is 12.6. The average Bonchev–Trinajstić information content (AvgIpc) is 3.22. The van der Waals surface area contributed by atoms with Crippen molar-refractivity contribution in [3.8, 4) is 0 Å². The summed E-state index contributed by atoms with van der Waals surface area (Å²) in [6, 6.07) is 1.85. The van der Waals surface area contributed by atoms with E-state index in [-0.39, 0.29) is 17.9 Å². The number of nitrogens with two attached hydrogens (primary N) is 1. The standard InChI is InChI=1S/C15H18N8OS/c1-8-5-10(21-20-8)14(24)22-3-4-23(9(2)6-22)12-11-13(25-7-17-11)19-15(16)18-12/h5,7,9H,3-4,6H2,1-2H3,(H,20,21)(H2,16,18,19)/t9-/m0/s1. The lowest BCUT2D eigenvalue weighted by molar-refractivity contribution is 0.0720. The summed E-state index contributed by atoms with van der Waals surface area (Å²) in [4.78, 5) is 30.3. The second-order valence-corrected chi connectivity index (χ2v) is 6.97. The Hall–Kier alpha value is -2.75. The molecule has 3 N–H and O–H groups in total. The Balaban J connectivity index is 1.57. The van der Waals surface area contributed by atoms with Crippen LogP contribution in [-0.4, -0.2) is 61.6 Å². The normalized spacial score (nSPS) is 18.1. The van der Waals surface area contributed by atoms with Gasteiger partial charge in [0.15, 0.2) is 10.6 Å². The molecule has 1 fully saturated rings. The van der Waals surface area contributed by atoms with Gasteiger partial charge >= 0.3 is 0 Å². The first kappa shape index (κ1) is 15.8. The van der Waals surface area contributed by atoms with E-state index in [0.717, 1.165) is 21.9 Å². The number of nitrogens with zero attached hydrogens (tertiary/aromatic N) is 6. The van der Waals surface area contributed by atoms with Gasteiger partial charge < -0.3 is 15.5 Å². The topological polar surface area (TPSA) is 117 Å². The molecule has 0 aliphatic carbocycles. The Morgan fingerprint density at radius 3 is 2.96 bits per heavy atom. The zero-order chi connectivity index (χ0) is 17.6. The van der Waals surface area contributed by atoms with E-state index in [1.54, 1.807) is 11.6 Å². The highest BCUT2D eigenvalue weighted by Gasteiger charge is 2.30. The molecule has 4 heterocycles. The Morgan fingerprint density at radius 1 is 1.40 bits per heavy atom. The van der Waals surface area contributed by atoms with E-state index in [1.165, 1.54) is 11.3 Å². The molecule has 1 amide bonds. The number of piperazine rings is 1. The molecule has 1 aliphatic heterocycles. The number of carbonyl (C=O) groups is 1. The predicted molar refractivity (Wildman–Crippen MR) is 95.7 cm³/mol. The summed E-state index contributed by atoms with van der Waals surface area (Å²) >= 11 is 1.44. The summed E-state index contributed by atoms with van der Waals surface area (Å²) in [5, 5.41) is 6.88. The zero-order valence-corrected chi connectivity index (χ0v) is 14.7. The summed E-state index contributed by atoms with van der Waals surface area (Å²) in [6.07, 6.45) is 0. The molecule has 1 aliphatic rings. The number of hydrogen-bond donors (Lipinski definition) is 2. The number of fused-ring (bicyclic) bond motifs is 1. The Labute approximate surface area is 147 Å². The number of anilines is 2. The van der Waals surface area contributed by atoms with Crippen LogP contribution in [0.5, 0.6) is 0 Å². The third kappa shape index (κ3) is 2.78. The van der Waals surface area contributed by atoms with Crippen LogP contribution in [0.3, 0.4) is 0 Å². The summed E-state index contributed by atoms with van der Waals surface area (Å²) in [5.74, 6) is 0.917. The highest BCUT2D eigenvalue weighted by molar-refractivity contribution is 7.16. The van der Waals surface area contributed by atoms with E-state index in [9.17, 15) is 4.79 Å². The number of hydrogen-bond acceptors (Lipinski definition) is 8. The molecular formula is C15H18N8OS. The molecule has 4 rings (SSSR count). The fourth-order valence-corrected chi connectivity index (χ4v) is 3.77. The van der Waals surface area contributed by atoms with Crippen molar-refractivity contribution in [3.63, 3.8) is 0 Å². The van der Waals surface area contributed by atoms with Gasteiger partial charge in [0, 0.05) is 31.4 Å². The van der Waals surface area contributed by atoms with E-state index < -0.39 is 0 Å². The molecule has 10 heteroatoms. The number of aromatic amines is 1. The molecule has 0 aromatic carbocycles. The Bertz CT molecular complexity index is 935. The van der Waals surface area contributed by atoms with Gasteiger partial charge in [0.1, 0.15) is 11.2 Å². The van der Waals surface area contributed by atoms with E-state index >= 15 is 0 Å². The molecule has 25 heavy (non-hydrogen) atoms. The number of rotatable bonds is 2. The molecule has 0 saturated carbocycles. The fraction of sp³-hybridized carbons (Fsp3) is 0.400. The quantitative estimate of drug-likeness (QED) is 0.703. The Morgan fingerprint density at radius 2 is 2.24 bits per heavy atom. The molecule has 0 radical (unpaired) electrons. The highest BCUT2D eigenvalue weighted by Crippen LogP contribution is 2.28. The van der Waals surface area contributed by atoms with Gasteiger partial charge in [-0.05, 0) is 19.9 Å². The molecule has 3 aromatic rings. The molecule has 1 saturated heterocycles. The minimum atomic E-state index is -0.0585. The maximum absolute atomic E-state index is 12.6. The van der Waals surface area contributed by atoms with Crippen molar-refractivity contribution >= 4 is 39.4 Å². The molecule has 1 atom stereocenters. The molecule has 3 aromatic heterocycles. The summed E-state index contributed by atoms with van der Waals surface area (Å²) in [5.41, 5.74) is 9.67. The predicted octanol–water partition coefficient (Wildman–Crippen LogP) is 1.05. The van der Waals surface area contributed by atoms with Gasteiger partial charge in [0.25, 0.3) is 5.91 Å². The zero-order valence-electron chi connectivity index (χ0n) is 13.9. The first-order valence-corrected chi connectivity index (χ1v) is 8.85. The Kier molecular flexibility index (Phi) is 3.75. The minimum Gasteiger partial charge on any atom is -0.368 e. The minimum absolute atomic E-state index is 0.0585. The number of nitrogen functional groups attached to an aromatic ring is 1. The molecule has 0 spiro atoms. The van der Waals surface area contributed by atoms with Gasteiger partial charge in [-0.2, -0.15) is 10.1 Å². The lowest BCUT2D eigenvalue weighted by atomic mass is 10.1. The summed E-state index contributed by atoms with van der Waals surface area (Å²) in [7, 11) is 0. The molecule has 9 nitrogen and oxygen atoms in total. The van der Waals surface area contributed by atoms with Crippen LogP contribution in [0.4, 0.5) is 11.8 Å². The van der Waals surface area contributed by atoms with Crippen molar-refractivity contribution < 1.29 is 4.79 Å². The number of aromatic nitrogens is 5. The van der Waals surface area contributed by atoms with Gasteiger partial charge in [0.2, 0.25) is 5.95 Å². The van der Waals surface area contributed by atoms with Crippen molar-refractivity contribution in [2.24, 2.45) is 0 Å². The number of amides is 1. The third-order valence-electron chi connectivity index (χ3n) is 4.31. The number of aryl methyl sites for hydroxylation is 1. The second-order valence-electron chi connectivity index (χ2n) is 6.14. The first-order chi connectivity index (χ1) is 12.0. The monoisotopic (exact) mass is 358 g/mol. The molecular weight excluding hydrogens is 340 g/mol. The average molecular weight is 358 g/mol. The van der Waals surface area contributed by atoms with Gasteiger partial charge in [-0.1, -0.05) is 0 Å². The first-order valence-electron chi connectivity index (χ1n) is 7.97. The molecule has 0 bridgehead atoms. The summed E-state index contributed by atoms with van der Waals surface area (Å²) in [6.45, 7) is 5.76. The lowest BCUT2D eigenvalue weighted by Gasteiger charge is -2.40. The third-order valence-corrected chi connectivity index (χ3v) is 5.03. The van der Waals surface area contributed by atoms with Crippen LogP contribution in [-0.2, 0) is 0 Å². The maximum Gasteiger partial charge on any atom is 0.274 e. The van der Waals surface area contributed by atoms with E-state index in [0.29, 0.717) is 25.3 Å². The van der Waals surface area contributed by atoms with Crippen LogP contribution >= 0.6 is 11.3 Å². The van der Waals surface area contributed by atoms with E-state index in [1.807, 2.05) is 11.8 Å². The molecule has 0 unspecified atom stereocenters. The summed E-state index contributed by atoms with van der Waals surface area (Å²) < 4.78 is 0. The van der Waals surface area contributed by atoms with Crippen molar-refractivity contribution in [2.75, 3.05) is 30.3 Å². The number of nitrogens with one attached hydrogen (secondary N) is 1. The van der Waals surface area contributed by atoms with Gasteiger partial charge in [-0.15, -0.1) is 11.3 Å². The van der Waals surface area contributed by atoms with Crippen LogP contribution < -0.4 is 10.6 Å². The van der Waals surface area contributed by atoms with Crippen LogP contribution in [0.25, 0.3) is 10.3 Å². The SMILES string of the molecule is Cc1cc(C(=O)N2CCN(c3nc(N)nc4scnc34)[C@@H](C)C2)n[nH]1. The number of H-pyrrole nitrogens is 1. The highest BCUT2D eigenvalue weighted by atomic mass is 32.1. The van der Waals surface area contributed by atoms with Crippen LogP contribution in [0.1, 0.15) is 23.1 Å². The van der Waals surface area contributed by atoms with Crippen LogP contribution in [0, 0.1) is 6.92 Å². The second kappa shape index (κ2) is 5.96. The smallest absolute Gasteiger partial charge is 0.274 e. The molecule has 130 valence electrons. The lowest BCUT2D eigenvalue weighted by Crippen LogP contribution is -2.54. The number of thiazole rings is 1. The van der Waals surface area contributed by atoms with Crippen molar-refractivity contribution in [1.82, 2.24) is 30.0 Å². The largest absolute Gasteiger partial charge is 0.368 e. The van der Waals surface area contributed by atoms with Gasteiger partial charge in [-0.3, -0.25) is 9.89 Å². The van der Waals surface area contributed by atoms with Crippen molar-refractivity contribution in [2.45, 2.75) is 19.9 Å². The van der Waals surface area contributed by atoms with Gasteiger partial charge in [0.05, 0.1) is 5.51 Å². The number of carbonyl (C=O) groups excluding carboxylic acids is 1. The van der Waals surface area contributed by atoms with E-state index in [4.69, 9.17) is 5.73 Å². The van der Waals surface area contributed by atoms with Crippen molar-refractivity contribution in [3.05, 3.63) is 23.0 Å².